The van der Waals surface area contributed by atoms with Crippen molar-refractivity contribution < 1.29 is 4.79 Å². The van der Waals surface area contributed by atoms with Gasteiger partial charge in [0.15, 0.2) is 0 Å². The van der Waals surface area contributed by atoms with E-state index in [-0.39, 0.29) is 43.1 Å². The Morgan fingerprint density at radius 3 is 2.19 bits per heavy atom. The maximum Gasteiger partial charge on any atom is 0.242 e. The lowest BCUT2D eigenvalue weighted by atomic mass is 9.72. The predicted octanol–water partition coefficient (Wildman–Crippen LogP) is 5.86. The maximum atomic E-state index is 14.0. The van der Waals surface area contributed by atoms with Crippen LogP contribution in [0, 0.1) is 0 Å². The number of piperazine rings is 1. The standard InChI is InChI=1S/C29H34N4O.3ClH/c1-3-33-27-15-8-7-14-26(27)29(28(33)34,23-10-5-4-6-11-23)16-17-31-18-20-32(21-19-31)25-13-9-12-24(22-25)30-2;;;/h4-15,22,30H,3,16-21H2,1-2H3;3*1H. The highest BCUT2D eigenvalue weighted by Crippen LogP contribution is 2.48. The SMILES string of the molecule is CCN1C(=O)C(CCN2CCN(c3cccc(NC)c3)CC2)(c2ccccc2)c2ccccc21.Cl.Cl.Cl. The number of para-hydroxylation sites is 1. The van der Waals surface area contributed by atoms with Crippen LogP contribution in [-0.4, -0.2) is 57.1 Å². The molecule has 2 aliphatic rings. The van der Waals surface area contributed by atoms with Gasteiger partial charge in [-0.2, -0.15) is 0 Å². The number of anilines is 3. The van der Waals surface area contributed by atoms with Gasteiger partial charge >= 0.3 is 0 Å². The Kier molecular flexibility index (Phi) is 11.1. The minimum absolute atomic E-state index is 0. The fraction of sp³-hybridized carbons (Fsp3) is 0.345. The Balaban J connectivity index is 0.00000160. The Morgan fingerprint density at radius 1 is 0.838 bits per heavy atom. The van der Waals surface area contributed by atoms with Gasteiger partial charge in [0.2, 0.25) is 5.91 Å². The summed E-state index contributed by atoms with van der Waals surface area (Å²) in [5.41, 5.74) is 5.11. The number of nitrogens with zero attached hydrogens (tertiary/aromatic N) is 3. The summed E-state index contributed by atoms with van der Waals surface area (Å²) in [7, 11) is 1.96. The van der Waals surface area contributed by atoms with Crippen LogP contribution in [0.3, 0.4) is 0 Å². The summed E-state index contributed by atoms with van der Waals surface area (Å²) in [4.78, 5) is 20.9. The lowest BCUT2D eigenvalue weighted by Crippen LogP contribution is -2.49. The highest BCUT2D eigenvalue weighted by atomic mass is 35.5. The van der Waals surface area contributed by atoms with E-state index < -0.39 is 5.41 Å². The lowest BCUT2D eigenvalue weighted by Gasteiger charge is -2.38. The van der Waals surface area contributed by atoms with Gasteiger partial charge < -0.3 is 15.1 Å². The molecule has 2 heterocycles. The van der Waals surface area contributed by atoms with Crippen LogP contribution in [0.2, 0.25) is 0 Å². The number of carbonyl (C=O) groups is 1. The summed E-state index contributed by atoms with van der Waals surface area (Å²) in [6, 6.07) is 27.4. The molecule has 1 amide bonds. The third-order valence-electron chi connectivity index (χ3n) is 7.52. The monoisotopic (exact) mass is 562 g/mol. The van der Waals surface area contributed by atoms with Crippen molar-refractivity contribution in [2.75, 3.05) is 61.4 Å². The largest absolute Gasteiger partial charge is 0.388 e. The van der Waals surface area contributed by atoms with E-state index in [2.05, 4.69) is 88.8 Å². The molecule has 3 aromatic rings. The first kappa shape index (κ1) is 30.8. The van der Waals surface area contributed by atoms with Crippen LogP contribution in [0.15, 0.2) is 78.9 Å². The molecule has 0 saturated carbocycles. The summed E-state index contributed by atoms with van der Waals surface area (Å²) in [6.07, 6.45) is 0.790. The number of nitrogens with one attached hydrogen (secondary N) is 1. The number of hydrogen-bond donors (Lipinski definition) is 1. The van der Waals surface area contributed by atoms with Crippen molar-refractivity contribution >= 4 is 60.2 Å². The molecular formula is C29H37Cl3N4O. The summed E-state index contributed by atoms with van der Waals surface area (Å²) >= 11 is 0. The van der Waals surface area contributed by atoms with Gasteiger partial charge in [0.1, 0.15) is 5.41 Å². The number of halogens is 3. The number of rotatable bonds is 7. The fourth-order valence-corrected chi connectivity index (χ4v) is 5.64. The van der Waals surface area contributed by atoms with Gasteiger partial charge in [-0.05, 0) is 55.3 Å². The molecule has 1 unspecified atom stereocenters. The first-order valence-electron chi connectivity index (χ1n) is 12.4. The Bertz CT molecular complexity index is 1150. The number of hydrogen-bond acceptors (Lipinski definition) is 4. The molecule has 5 nitrogen and oxygen atoms in total. The molecule has 1 saturated heterocycles. The van der Waals surface area contributed by atoms with Gasteiger partial charge in [-0.25, -0.2) is 0 Å². The van der Waals surface area contributed by atoms with E-state index in [1.165, 1.54) is 5.69 Å². The van der Waals surface area contributed by atoms with E-state index >= 15 is 0 Å². The van der Waals surface area contributed by atoms with Crippen LogP contribution in [0.1, 0.15) is 24.5 Å². The molecule has 1 fully saturated rings. The smallest absolute Gasteiger partial charge is 0.242 e. The number of likely N-dealkylation sites (N-methyl/N-ethyl adjacent to an activating group) is 1. The minimum Gasteiger partial charge on any atom is -0.388 e. The molecule has 1 atom stereocenters. The van der Waals surface area contributed by atoms with Crippen molar-refractivity contribution in [3.8, 4) is 0 Å². The fourth-order valence-electron chi connectivity index (χ4n) is 5.64. The highest BCUT2D eigenvalue weighted by molar-refractivity contribution is 6.10. The molecule has 0 bridgehead atoms. The van der Waals surface area contributed by atoms with E-state index in [1.807, 2.05) is 24.1 Å². The number of benzene rings is 3. The van der Waals surface area contributed by atoms with Gasteiger partial charge in [0.05, 0.1) is 0 Å². The topological polar surface area (TPSA) is 38.8 Å². The zero-order valence-corrected chi connectivity index (χ0v) is 23.9. The zero-order valence-electron chi connectivity index (χ0n) is 21.4. The predicted molar refractivity (Wildman–Crippen MR) is 163 cm³/mol. The van der Waals surface area contributed by atoms with E-state index in [0.717, 1.165) is 61.6 Å². The molecule has 2 aliphatic heterocycles. The van der Waals surface area contributed by atoms with E-state index in [9.17, 15) is 4.79 Å². The summed E-state index contributed by atoms with van der Waals surface area (Å²) in [5, 5.41) is 3.23. The van der Waals surface area contributed by atoms with Crippen molar-refractivity contribution in [2.24, 2.45) is 0 Å². The molecule has 0 aromatic heterocycles. The molecule has 0 radical (unpaired) electrons. The molecule has 1 N–H and O–H groups in total. The summed E-state index contributed by atoms with van der Waals surface area (Å²) in [5.74, 6) is 0.213. The second kappa shape index (κ2) is 13.4. The highest BCUT2D eigenvalue weighted by Gasteiger charge is 2.51. The minimum atomic E-state index is -0.619. The van der Waals surface area contributed by atoms with Crippen molar-refractivity contribution in [3.63, 3.8) is 0 Å². The Hall–Kier alpha value is -2.44. The Morgan fingerprint density at radius 2 is 1.51 bits per heavy atom. The van der Waals surface area contributed by atoms with Crippen LogP contribution in [0.4, 0.5) is 17.1 Å². The average Bonchev–Trinajstić information content (AvgIpc) is 3.16. The van der Waals surface area contributed by atoms with Crippen molar-refractivity contribution in [2.45, 2.75) is 18.8 Å². The maximum absolute atomic E-state index is 14.0. The zero-order chi connectivity index (χ0) is 23.5. The molecular weight excluding hydrogens is 527 g/mol. The number of fused-ring (bicyclic) bond motifs is 1. The third kappa shape index (κ3) is 5.70. The first-order chi connectivity index (χ1) is 16.7. The molecule has 0 spiro atoms. The quantitative estimate of drug-likeness (QED) is 0.391. The van der Waals surface area contributed by atoms with E-state index in [1.54, 1.807) is 0 Å². The van der Waals surface area contributed by atoms with E-state index in [0.29, 0.717) is 6.54 Å². The van der Waals surface area contributed by atoms with Crippen molar-refractivity contribution in [1.29, 1.82) is 0 Å². The molecule has 8 heteroatoms. The molecule has 3 aromatic carbocycles. The molecule has 5 rings (SSSR count). The average molecular weight is 564 g/mol. The normalized spacial score (nSPS) is 18.8. The van der Waals surface area contributed by atoms with Crippen LogP contribution >= 0.6 is 37.2 Å². The van der Waals surface area contributed by atoms with Gasteiger partial charge in [-0.1, -0.05) is 54.6 Å². The van der Waals surface area contributed by atoms with Gasteiger partial charge in [-0.15, -0.1) is 37.2 Å². The van der Waals surface area contributed by atoms with Crippen molar-refractivity contribution in [1.82, 2.24) is 4.90 Å². The van der Waals surface area contributed by atoms with E-state index in [4.69, 9.17) is 0 Å². The van der Waals surface area contributed by atoms with Crippen LogP contribution in [0.5, 0.6) is 0 Å². The lowest BCUT2D eigenvalue weighted by molar-refractivity contribution is -0.122. The van der Waals surface area contributed by atoms with Crippen molar-refractivity contribution in [3.05, 3.63) is 90.0 Å². The number of carbonyl (C=O) groups excluding carboxylic acids is 1. The second-order valence-electron chi connectivity index (χ2n) is 9.22. The van der Waals surface area contributed by atoms with Gasteiger partial charge in [0.25, 0.3) is 0 Å². The van der Waals surface area contributed by atoms with Gasteiger partial charge in [-0.3, -0.25) is 9.69 Å². The third-order valence-corrected chi connectivity index (χ3v) is 7.52. The molecule has 37 heavy (non-hydrogen) atoms. The molecule has 0 aliphatic carbocycles. The van der Waals surface area contributed by atoms with Gasteiger partial charge in [0, 0.05) is 56.8 Å². The Labute approximate surface area is 239 Å². The van der Waals surface area contributed by atoms with Crippen LogP contribution in [-0.2, 0) is 10.2 Å². The first-order valence-corrected chi connectivity index (χ1v) is 12.4. The number of amides is 1. The van der Waals surface area contributed by atoms with Crippen LogP contribution < -0.4 is 15.1 Å². The van der Waals surface area contributed by atoms with Crippen LogP contribution in [0.25, 0.3) is 0 Å². The summed E-state index contributed by atoms with van der Waals surface area (Å²) < 4.78 is 0. The second-order valence-corrected chi connectivity index (χ2v) is 9.22. The molecule has 200 valence electrons. The summed E-state index contributed by atoms with van der Waals surface area (Å²) in [6.45, 7) is 7.65.